The van der Waals surface area contributed by atoms with Crippen molar-refractivity contribution < 1.29 is 9.90 Å². The van der Waals surface area contributed by atoms with Crippen molar-refractivity contribution in [1.29, 1.82) is 0 Å². The molecule has 1 fully saturated rings. The Morgan fingerprint density at radius 2 is 2.17 bits per heavy atom. The van der Waals surface area contributed by atoms with E-state index < -0.39 is 0 Å². The first kappa shape index (κ1) is 13.1. The molecule has 0 aromatic carbocycles. The smallest absolute Gasteiger partial charge is 0.242 e. The predicted octanol–water partition coefficient (Wildman–Crippen LogP) is 1.72. The topological polar surface area (TPSA) is 54.3 Å². The van der Waals surface area contributed by atoms with E-state index in [2.05, 4.69) is 5.32 Å². The molecular weight excluding hydrogens is 228 g/mol. The molecule has 1 aliphatic carbocycles. The minimum Gasteiger partial charge on any atom is -0.393 e. The average molecular weight is 250 g/mol. The van der Waals surface area contributed by atoms with Crippen LogP contribution in [0.5, 0.6) is 0 Å². The highest BCUT2D eigenvalue weighted by Gasteiger charge is 2.21. The molecule has 0 bridgehead atoms. The van der Waals surface area contributed by atoms with Gasteiger partial charge < -0.3 is 15.0 Å². The van der Waals surface area contributed by atoms with Crippen molar-refractivity contribution in [2.45, 2.75) is 44.8 Å². The summed E-state index contributed by atoms with van der Waals surface area (Å²) >= 11 is 0. The summed E-state index contributed by atoms with van der Waals surface area (Å²) in [5.74, 6) is 0.473. The van der Waals surface area contributed by atoms with Crippen molar-refractivity contribution >= 4 is 5.91 Å². The number of carbonyl (C=O) groups excluding carboxylic acids is 1. The Morgan fingerprint density at radius 3 is 2.83 bits per heavy atom. The highest BCUT2D eigenvalue weighted by Crippen LogP contribution is 2.23. The maximum Gasteiger partial charge on any atom is 0.242 e. The maximum absolute atomic E-state index is 12.0. The number of aliphatic hydroxyl groups excluding tert-OH is 1. The SMILES string of the molecule is CC(C(=O)NCC1CCCC(O)C1)n1cccc1. The second kappa shape index (κ2) is 6.05. The Balaban J connectivity index is 1.77. The first-order chi connectivity index (χ1) is 8.66. The second-order valence-electron chi connectivity index (χ2n) is 5.24. The van der Waals surface area contributed by atoms with Crippen LogP contribution in [-0.4, -0.2) is 28.2 Å². The van der Waals surface area contributed by atoms with E-state index in [1.54, 1.807) is 0 Å². The third kappa shape index (κ3) is 3.35. The molecule has 4 heteroatoms. The number of aromatic nitrogens is 1. The Bertz CT molecular complexity index is 375. The van der Waals surface area contributed by atoms with Crippen molar-refractivity contribution in [3.63, 3.8) is 0 Å². The minimum absolute atomic E-state index is 0.0475. The van der Waals surface area contributed by atoms with Crippen LogP contribution in [0, 0.1) is 5.92 Å². The summed E-state index contributed by atoms with van der Waals surface area (Å²) in [6.45, 7) is 2.58. The molecule has 1 aromatic rings. The Labute approximate surface area is 108 Å². The monoisotopic (exact) mass is 250 g/mol. The molecule has 4 nitrogen and oxygen atoms in total. The van der Waals surface area contributed by atoms with Gasteiger partial charge in [0.05, 0.1) is 6.10 Å². The molecule has 1 aromatic heterocycles. The summed E-state index contributed by atoms with van der Waals surface area (Å²) in [6.07, 6.45) is 7.51. The van der Waals surface area contributed by atoms with E-state index in [-0.39, 0.29) is 18.1 Å². The van der Waals surface area contributed by atoms with E-state index in [0.29, 0.717) is 12.5 Å². The van der Waals surface area contributed by atoms with Gasteiger partial charge in [0.1, 0.15) is 6.04 Å². The molecule has 2 rings (SSSR count). The van der Waals surface area contributed by atoms with Crippen molar-refractivity contribution in [3.8, 4) is 0 Å². The molecule has 1 saturated carbocycles. The number of amides is 1. The lowest BCUT2D eigenvalue weighted by Gasteiger charge is -2.26. The van der Waals surface area contributed by atoms with E-state index in [0.717, 1.165) is 25.7 Å². The van der Waals surface area contributed by atoms with Crippen LogP contribution in [0.4, 0.5) is 0 Å². The van der Waals surface area contributed by atoms with Crippen molar-refractivity contribution in [1.82, 2.24) is 9.88 Å². The van der Waals surface area contributed by atoms with Crippen LogP contribution in [0.1, 0.15) is 38.6 Å². The van der Waals surface area contributed by atoms with Crippen molar-refractivity contribution in [3.05, 3.63) is 24.5 Å². The molecule has 3 atom stereocenters. The van der Waals surface area contributed by atoms with Gasteiger partial charge in [0.25, 0.3) is 0 Å². The fraction of sp³-hybridized carbons (Fsp3) is 0.643. The van der Waals surface area contributed by atoms with Gasteiger partial charge in [-0.05, 0) is 44.2 Å². The molecule has 0 saturated heterocycles. The molecule has 0 spiro atoms. The molecule has 1 amide bonds. The van der Waals surface area contributed by atoms with Gasteiger partial charge >= 0.3 is 0 Å². The van der Waals surface area contributed by atoms with Crippen LogP contribution in [-0.2, 0) is 4.79 Å². The van der Waals surface area contributed by atoms with Gasteiger partial charge in [-0.15, -0.1) is 0 Å². The number of aliphatic hydroxyl groups is 1. The lowest BCUT2D eigenvalue weighted by atomic mass is 9.87. The summed E-state index contributed by atoms with van der Waals surface area (Å²) in [4.78, 5) is 12.0. The summed E-state index contributed by atoms with van der Waals surface area (Å²) in [5.41, 5.74) is 0. The lowest BCUT2D eigenvalue weighted by Crippen LogP contribution is -2.36. The predicted molar refractivity (Wildman–Crippen MR) is 70.1 cm³/mol. The zero-order valence-electron chi connectivity index (χ0n) is 10.9. The number of nitrogens with one attached hydrogen (secondary N) is 1. The highest BCUT2D eigenvalue weighted by atomic mass is 16.3. The number of nitrogens with zero attached hydrogens (tertiary/aromatic N) is 1. The number of hydrogen-bond donors (Lipinski definition) is 2. The molecule has 0 radical (unpaired) electrons. The normalized spacial score (nSPS) is 25.7. The van der Waals surface area contributed by atoms with Crippen LogP contribution in [0.2, 0.25) is 0 Å². The molecule has 2 N–H and O–H groups in total. The van der Waals surface area contributed by atoms with Crippen molar-refractivity contribution in [2.24, 2.45) is 5.92 Å². The quantitative estimate of drug-likeness (QED) is 0.855. The van der Waals surface area contributed by atoms with Gasteiger partial charge in [-0.2, -0.15) is 0 Å². The Kier molecular flexibility index (Phi) is 4.42. The van der Waals surface area contributed by atoms with E-state index >= 15 is 0 Å². The van der Waals surface area contributed by atoms with Crippen LogP contribution >= 0.6 is 0 Å². The molecule has 100 valence electrons. The maximum atomic E-state index is 12.0. The fourth-order valence-electron chi connectivity index (χ4n) is 2.58. The standard InChI is InChI=1S/C14H22N2O2/c1-11(16-7-2-3-8-16)14(18)15-10-12-5-4-6-13(17)9-12/h2-3,7-8,11-13,17H,4-6,9-10H2,1H3,(H,15,18). The van der Waals surface area contributed by atoms with Crippen molar-refractivity contribution in [2.75, 3.05) is 6.54 Å². The summed E-state index contributed by atoms with van der Waals surface area (Å²) in [7, 11) is 0. The molecule has 0 aliphatic heterocycles. The number of carbonyl (C=O) groups is 1. The molecular formula is C14H22N2O2. The third-order valence-corrected chi connectivity index (χ3v) is 3.77. The largest absolute Gasteiger partial charge is 0.393 e. The Morgan fingerprint density at radius 1 is 1.44 bits per heavy atom. The highest BCUT2D eigenvalue weighted by molar-refractivity contribution is 5.79. The van der Waals surface area contributed by atoms with E-state index in [4.69, 9.17) is 0 Å². The zero-order valence-corrected chi connectivity index (χ0v) is 10.9. The average Bonchev–Trinajstić information content (AvgIpc) is 2.89. The summed E-state index contributed by atoms with van der Waals surface area (Å²) < 4.78 is 1.89. The van der Waals surface area contributed by atoms with Gasteiger partial charge in [0, 0.05) is 18.9 Å². The van der Waals surface area contributed by atoms with E-state index in [1.165, 1.54) is 0 Å². The van der Waals surface area contributed by atoms with Gasteiger partial charge in [-0.1, -0.05) is 6.42 Å². The van der Waals surface area contributed by atoms with Crippen LogP contribution in [0.25, 0.3) is 0 Å². The van der Waals surface area contributed by atoms with E-state index in [1.807, 2.05) is 36.0 Å². The third-order valence-electron chi connectivity index (χ3n) is 3.77. The van der Waals surface area contributed by atoms with Gasteiger partial charge in [-0.3, -0.25) is 4.79 Å². The summed E-state index contributed by atoms with van der Waals surface area (Å²) in [6, 6.07) is 3.66. The van der Waals surface area contributed by atoms with Crippen LogP contribution < -0.4 is 5.32 Å². The molecule has 18 heavy (non-hydrogen) atoms. The fourth-order valence-corrected chi connectivity index (χ4v) is 2.58. The zero-order chi connectivity index (χ0) is 13.0. The lowest BCUT2D eigenvalue weighted by molar-refractivity contribution is -0.124. The second-order valence-corrected chi connectivity index (χ2v) is 5.24. The first-order valence-corrected chi connectivity index (χ1v) is 6.75. The van der Waals surface area contributed by atoms with Crippen LogP contribution in [0.3, 0.4) is 0 Å². The molecule has 1 aliphatic rings. The Hall–Kier alpha value is -1.29. The summed E-state index contributed by atoms with van der Waals surface area (Å²) in [5, 5.41) is 12.6. The first-order valence-electron chi connectivity index (χ1n) is 6.75. The number of hydrogen-bond acceptors (Lipinski definition) is 2. The van der Waals surface area contributed by atoms with Gasteiger partial charge in [-0.25, -0.2) is 0 Å². The van der Waals surface area contributed by atoms with Crippen LogP contribution in [0.15, 0.2) is 24.5 Å². The minimum atomic E-state index is -0.178. The molecule has 1 heterocycles. The van der Waals surface area contributed by atoms with Gasteiger partial charge in [0.15, 0.2) is 0 Å². The number of rotatable bonds is 4. The van der Waals surface area contributed by atoms with Gasteiger partial charge in [0.2, 0.25) is 5.91 Å². The van der Waals surface area contributed by atoms with E-state index in [9.17, 15) is 9.90 Å². The molecule has 3 unspecified atom stereocenters.